The summed E-state index contributed by atoms with van der Waals surface area (Å²) in [4.78, 5) is 29.6. The number of aryl methyl sites for hydroxylation is 1. The topological polar surface area (TPSA) is 162 Å². The Hall–Kier alpha value is -4.64. The van der Waals surface area contributed by atoms with Crippen LogP contribution in [0.4, 0.5) is 33.5 Å². The molecular formula is C27H31F5N8O4. The van der Waals surface area contributed by atoms with Crippen LogP contribution in [0.2, 0.25) is 0 Å². The molecule has 1 amide bonds. The first kappa shape index (κ1) is 33.9. The van der Waals surface area contributed by atoms with E-state index in [0.29, 0.717) is 48.7 Å². The van der Waals surface area contributed by atoms with Crippen LogP contribution in [0.25, 0.3) is 16.9 Å². The van der Waals surface area contributed by atoms with Crippen LogP contribution < -0.4 is 16.4 Å². The number of carboxylic acid groups (broad SMARTS) is 1. The Balaban J connectivity index is 0.00000169. The van der Waals surface area contributed by atoms with Gasteiger partial charge in [-0.05, 0) is 43.1 Å². The van der Waals surface area contributed by atoms with Crippen LogP contribution in [0, 0.1) is 0 Å². The lowest BCUT2D eigenvalue weighted by Gasteiger charge is -2.13. The minimum atomic E-state index is -4.87. The summed E-state index contributed by atoms with van der Waals surface area (Å²) in [5.74, 6) is -0.0111. The molecule has 238 valence electrons. The fourth-order valence-corrected chi connectivity index (χ4v) is 4.20. The van der Waals surface area contributed by atoms with Crippen LogP contribution in [0.15, 0.2) is 43.0 Å². The van der Waals surface area contributed by atoms with Gasteiger partial charge in [-0.15, -0.1) is 0 Å². The normalized spacial score (nSPS) is 11.4. The molecule has 0 saturated heterocycles. The molecule has 12 nitrogen and oxygen atoms in total. The predicted octanol–water partition coefficient (Wildman–Crippen LogP) is 3.98. The molecule has 0 aliphatic heterocycles. The van der Waals surface area contributed by atoms with E-state index in [0.717, 1.165) is 18.2 Å². The van der Waals surface area contributed by atoms with Gasteiger partial charge < -0.3 is 26.2 Å². The number of nitrogens with one attached hydrogen (secondary N) is 2. The zero-order valence-corrected chi connectivity index (χ0v) is 23.5. The van der Waals surface area contributed by atoms with Gasteiger partial charge in [-0.25, -0.2) is 18.7 Å². The van der Waals surface area contributed by atoms with Crippen molar-refractivity contribution < 1.29 is 41.4 Å². The fraction of sp³-hybridized carbons (Fsp3) is 0.370. The van der Waals surface area contributed by atoms with Gasteiger partial charge in [-0.3, -0.25) is 18.7 Å². The first-order chi connectivity index (χ1) is 21.0. The quantitative estimate of drug-likeness (QED) is 0.0977. The van der Waals surface area contributed by atoms with Crippen molar-refractivity contribution in [3.63, 3.8) is 0 Å². The van der Waals surface area contributed by atoms with Crippen molar-refractivity contribution in [1.29, 1.82) is 0 Å². The van der Waals surface area contributed by atoms with E-state index in [1.54, 1.807) is 18.2 Å². The monoisotopic (exact) mass is 626 g/mol. The van der Waals surface area contributed by atoms with Gasteiger partial charge >= 0.3 is 6.18 Å². The van der Waals surface area contributed by atoms with Crippen LogP contribution >= 0.6 is 0 Å². The van der Waals surface area contributed by atoms with E-state index in [1.807, 2.05) is 6.92 Å². The molecule has 3 heterocycles. The lowest BCUT2D eigenvalue weighted by atomic mass is 10.0. The Bertz CT molecular complexity index is 1540. The molecule has 0 saturated carbocycles. The van der Waals surface area contributed by atoms with Crippen molar-refractivity contribution in [2.24, 2.45) is 5.73 Å². The number of halogens is 5. The molecule has 17 heteroatoms. The number of fused-ring (bicyclic) bond motifs is 1. The number of rotatable bonds is 13. The Morgan fingerprint density at radius 3 is 2.64 bits per heavy atom. The first-order valence-electron chi connectivity index (χ1n) is 13.3. The maximum absolute atomic E-state index is 13.7. The Morgan fingerprint density at radius 1 is 1.23 bits per heavy atom. The molecule has 0 spiro atoms. The van der Waals surface area contributed by atoms with Crippen molar-refractivity contribution in [3.05, 3.63) is 59.8 Å². The molecule has 3 aromatic heterocycles. The maximum Gasteiger partial charge on any atom is 0.435 e. The van der Waals surface area contributed by atoms with Crippen LogP contribution in [-0.2, 0) is 28.7 Å². The third-order valence-corrected chi connectivity index (χ3v) is 6.08. The molecular weight excluding hydrogens is 595 g/mol. The highest BCUT2D eigenvalue weighted by atomic mass is 19.4. The number of aromatic nitrogens is 5. The molecule has 4 rings (SSSR count). The highest BCUT2D eigenvalue weighted by molar-refractivity contribution is 5.96. The second-order valence-corrected chi connectivity index (χ2v) is 9.08. The molecule has 4 aromatic rings. The Kier molecular flexibility index (Phi) is 12.1. The summed E-state index contributed by atoms with van der Waals surface area (Å²) in [7, 11) is 0. The number of ether oxygens (including phenoxy) is 1. The van der Waals surface area contributed by atoms with Gasteiger partial charge in [0.1, 0.15) is 6.54 Å². The molecule has 0 fully saturated rings. The van der Waals surface area contributed by atoms with Gasteiger partial charge in [0, 0.05) is 43.0 Å². The number of carbonyl (C=O) groups excluding carboxylic acids is 1. The zero-order chi connectivity index (χ0) is 32.3. The zero-order valence-electron chi connectivity index (χ0n) is 23.5. The lowest BCUT2D eigenvalue weighted by molar-refractivity contribution is -0.141. The summed E-state index contributed by atoms with van der Waals surface area (Å²) in [5, 5.41) is 16.2. The van der Waals surface area contributed by atoms with E-state index in [-0.39, 0.29) is 29.5 Å². The first-order valence-corrected chi connectivity index (χ1v) is 13.3. The molecule has 5 N–H and O–H groups in total. The van der Waals surface area contributed by atoms with Crippen LogP contribution in [-0.4, -0.2) is 74.4 Å². The Labute approximate surface area is 248 Å². The number of carbonyl (C=O) groups is 2. The van der Waals surface area contributed by atoms with Gasteiger partial charge in [-0.2, -0.15) is 18.3 Å². The Morgan fingerprint density at radius 2 is 1.98 bits per heavy atom. The van der Waals surface area contributed by atoms with E-state index in [4.69, 9.17) is 20.4 Å². The molecule has 0 bridgehead atoms. The number of hydrogen-bond donors (Lipinski definition) is 4. The number of nitrogens with zero attached hydrogens (tertiary/aromatic N) is 5. The highest BCUT2D eigenvalue weighted by Gasteiger charge is 2.38. The second-order valence-electron chi connectivity index (χ2n) is 9.08. The predicted molar refractivity (Wildman–Crippen MR) is 150 cm³/mol. The van der Waals surface area contributed by atoms with Crippen molar-refractivity contribution in [3.8, 4) is 11.3 Å². The smallest absolute Gasteiger partial charge is 0.435 e. The third-order valence-electron chi connectivity index (χ3n) is 6.08. The van der Waals surface area contributed by atoms with Crippen LogP contribution in [0.3, 0.4) is 0 Å². The number of imidazole rings is 1. The van der Waals surface area contributed by atoms with Gasteiger partial charge in [0.2, 0.25) is 0 Å². The van der Waals surface area contributed by atoms with Gasteiger partial charge in [0.05, 0.1) is 24.1 Å². The van der Waals surface area contributed by atoms with E-state index in [2.05, 4.69) is 25.7 Å². The van der Waals surface area contributed by atoms with Crippen molar-refractivity contribution in [1.82, 2.24) is 29.5 Å². The number of hydrogen-bond acceptors (Lipinski definition) is 8. The van der Waals surface area contributed by atoms with E-state index in [9.17, 15) is 26.7 Å². The second kappa shape index (κ2) is 15.7. The summed E-state index contributed by atoms with van der Waals surface area (Å²) >= 11 is 0. The lowest BCUT2D eigenvalue weighted by Crippen LogP contribution is -2.28. The molecule has 0 radical (unpaired) electrons. The number of alkyl halides is 5. The summed E-state index contributed by atoms with van der Waals surface area (Å²) in [6, 6.07) is 5.12. The summed E-state index contributed by atoms with van der Waals surface area (Å²) < 4.78 is 74.1. The van der Waals surface area contributed by atoms with E-state index >= 15 is 0 Å². The van der Waals surface area contributed by atoms with E-state index in [1.165, 1.54) is 23.0 Å². The minimum Gasteiger partial charge on any atom is -0.483 e. The van der Waals surface area contributed by atoms with Gasteiger partial charge in [-0.1, -0.05) is 6.92 Å². The minimum absolute atomic E-state index is 0.00608. The van der Waals surface area contributed by atoms with Gasteiger partial charge in [0.25, 0.3) is 18.8 Å². The maximum atomic E-state index is 13.7. The summed E-state index contributed by atoms with van der Waals surface area (Å²) in [6.45, 7) is 2.44. The van der Waals surface area contributed by atoms with E-state index < -0.39 is 30.4 Å². The molecule has 1 aromatic carbocycles. The molecule has 0 atom stereocenters. The number of anilines is 2. The molecule has 0 unspecified atom stereocenters. The molecule has 44 heavy (non-hydrogen) atoms. The average Bonchev–Trinajstić information content (AvgIpc) is 3.59. The number of amides is 1. The highest BCUT2D eigenvalue weighted by Crippen LogP contribution is 2.37. The average molecular weight is 627 g/mol. The molecule has 0 aliphatic carbocycles. The largest absolute Gasteiger partial charge is 0.483 e. The fourth-order valence-electron chi connectivity index (χ4n) is 4.20. The molecule has 0 aliphatic rings. The van der Waals surface area contributed by atoms with Crippen molar-refractivity contribution >= 4 is 29.5 Å². The SMILES string of the molecule is CCc1cc(Nc2nccn3c(-c4cn(CC(F)F)nc4C(F)(F)F)cnc23)ccc1C(=O)NCCOCCCN.O=CO. The summed E-state index contributed by atoms with van der Waals surface area (Å²) in [6.07, 6.45) is -1.54. The third kappa shape index (κ3) is 8.70. The number of nitrogens with two attached hydrogens (primary N) is 1. The van der Waals surface area contributed by atoms with Crippen molar-refractivity contribution in [2.45, 2.75) is 38.9 Å². The van der Waals surface area contributed by atoms with Crippen molar-refractivity contribution in [2.75, 3.05) is 31.6 Å². The van der Waals surface area contributed by atoms with Crippen LogP contribution in [0.1, 0.15) is 35.0 Å². The van der Waals surface area contributed by atoms with Crippen LogP contribution in [0.5, 0.6) is 0 Å². The number of benzene rings is 1. The standard InChI is InChI=1S/C26H29F5N8O2.CH2O2/c1-2-16-12-17(4-5-18(16)25(40)34-8-11-41-10-3-6-32)36-23-24-35-13-20(39(24)9-7-33-23)19-14-38(15-21(27)28)37-22(19)26(29,30)31;2-1-3/h4-5,7,9,12-14,21H,2-3,6,8,10-11,15,32H2,1H3,(H,33,36)(H,34,40);1H,(H,2,3). The summed E-state index contributed by atoms with van der Waals surface area (Å²) in [5.41, 5.74) is 5.77. The van der Waals surface area contributed by atoms with Gasteiger partial charge in [0.15, 0.2) is 17.2 Å².